The van der Waals surface area contributed by atoms with Crippen LogP contribution in [-0.2, 0) is 11.3 Å². The number of pyridine rings is 1. The molecule has 1 saturated heterocycles. The number of ether oxygens (including phenoxy) is 2. The van der Waals surface area contributed by atoms with E-state index in [4.69, 9.17) is 9.47 Å². The van der Waals surface area contributed by atoms with E-state index < -0.39 is 0 Å². The van der Waals surface area contributed by atoms with Gasteiger partial charge in [-0.1, -0.05) is 30.3 Å². The van der Waals surface area contributed by atoms with Gasteiger partial charge in [0, 0.05) is 36.6 Å². The van der Waals surface area contributed by atoms with Gasteiger partial charge in [-0.2, -0.15) is 0 Å². The lowest BCUT2D eigenvalue weighted by Crippen LogP contribution is -2.35. The van der Waals surface area contributed by atoms with Crippen LogP contribution >= 0.6 is 11.3 Å². The first-order chi connectivity index (χ1) is 13.9. The second kappa shape index (κ2) is 7.66. The normalized spacial score (nSPS) is 14.5. The Bertz CT molecular complexity index is 1070. The number of benzene rings is 1. The summed E-state index contributed by atoms with van der Waals surface area (Å²) < 4.78 is 13.6. The van der Waals surface area contributed by atoms with Gasteiger partial charge in [-0.3, -0.25) is 4.40 Å². The third-order valence-electron chi connectivity index (χ3n) is 4.96. The van der Waals surface area contributed by atoms with Crippen LogP contribution in [0.4, 0.5) is 5.69 Å². The van der Waals surface area contributed by atoms with E-state index in [1.807, 2.05) is 36.7 Å². The Morgan fingerprint density at radius 2 is 1.93 bits per heavy atom. The highest BCUT2D eigenvalue weighted by Crippen LogP contribution is 2.34. The number of aromatic nitrogens is 2. The van der Waals surface area contributed by atoms with E-state index >= 15 is 0 Å². The topological polar surface area (TPSA) is 39.0 Å². The van der Waals surface area contributed by atoms with Crippen LogP contribution in [0.15, 0.2) is 66.3 Å². The summed E-state index contributed by atoms with van der Waals surface area (Å²) >= 11 is 1.76. The predicted octanol–water partition coefficient (Wildman–Crippen LogP) is 4.48. The highest BCUT2D eigenvalue weighted by Gasteiger charge is 2.16. The number of fused-ring (bicyclic) bond motifs is 1. The molecular weight excluding hydrogens is 370 g/mol. The van der Waals surface area contributed by atoms with Crippen molar-refractivity contribution in [3.63, 3.8) is 0 Å². The molecule has 142 valence electrons. The molecule has 0 saturated carbocycles. The van der Waals surface area contributed by atoms with Crippen LogP contribution in [0.3, 0.4) is 0 Å². The lowest BCUT2D eigenvalue weighted by Gasteiger charge is -2.27. The van der Waals surface area contributed by atoms with Crippen LogP contribution in [0.5, 0.6) is 5.75 Å². The zero-order chi connectivity index (χ0) is 18.8. The minimum Gasteiger partial charge on any atom is -0.485 e. The van der Waals surface area contributed by atoms with Crippen molar-refractivity contribution < 1.29 is 9.47 Å². The van der Waals surface area contributed by atoms with Crippen molar-refractivity contribution in [2.75, 3.05) is 31.2 Å². The number of nitrogens with zero attached hydrogens (tertiary/aromatic N) is 3. The van der Waals surface area contributed by atoms with Crippen molar-refractivity contribution in [2.24, 2.45) is 0 Å². The molecule has 28 heavy (non-hydrogen) atoms. The van der Waals surface area contributed by atoms with E-state index in [1.54, 1.807) is 11.3 Å². The molecule has 0 bridgehead atoms. The zero-order valence-electron chi connectivity index (χ0n) is 15.5. The maximum Gasteiger partial charge on any atom is 0.180 e. The average molecular weight is 391 g/mol. The summed E-state index contributed by atoms with van der Waals surface area (Å²) in [5.41, 5.74) is 4.38. The standard InChI is InChI=1S/C22H21N3O2S/c1-2-4-17(5-3-1)15-27-20-7-6-19(25-9-8-23-22(20)25)21-14-18(16-28-21)24-10-12-26-13-11-24/h1-9,14,16H,10-13,15H2. The summed E-state index contributed by atoms with van der Waals surface area (Å²) in [5.74, 6) is 0.794. The number of morpholine rings is 1. The Balaban J connectivity index is 1.42. The Morgan fingerprint density at radius 1 is 1.07 bits per heavy atom. The monoisotopic (exact) mass is 391 g/mol. The third kappa shape index (κ3) is 3.37. The van der Waals surface area contributed by atoms with Gasteiger partial charge in [0.05, 0.1) is 23.8 Å². The molecule has 6 heteroatoms. The minimum atomic E-state index is 0.531. The van der Waals surface area contributed by atoms with Crippen LogP contribution in [0.2, 0.25) is 0 Å². The third-order valence-corrected chi connectivity index (χ3v) is 5.90. The first-order valence-corrected chi connectivity index (χ1v) is 10.3. The number of anilines is 1. The molecule has 0 unspecified atom stereocenters. The van der Waals surface area contributed by atoms with Gasteiger partial charge >= 0.3 is 0 Å². The molecule has 1 aliphatic heterocycles. The summed E-state index contributed by atoms with van der Waals surface area (Å²) in [6.45, 7) is 4.02. The summed E-state index contributed by atoms with van der Waals surface area (Å²) in [6, 6.07) is 16.6. The molecule has 0 amide bonds. The number of thiophene rings is 1. The quantitative estimate of drug-likeness (QED) is 0.503. The fourth-order valence-corrected chi connectivity index (χ4v) is 4.43. The zero-order valence-corrected chi connectivity index (χ0v) is 16.3. The van der Waals surface area contributed by atoms with Crippen LogP contribution in [0.1, 0.15) is 5.56 Å². The summed E-state index contributed by atoms with van der Waals surface area (Å²) in [5, 5.41) is 2.23. The van der Waals surface area contributed by atoms with Crippen molar-refractivity contribution in [3.05, 3.63) is 71.9 Å². The molecule has 0 radical (unpaired) electrons. The molecule has 4 aromatic rings. The largest absolute Gasteiger partial charge is 0.485 e. The van der Waals surface area contributed by atoms with Gasteiger partial charge in [0.15, 0.2) is 11.4 Å². The van der Waals surface area contributed by atoms with E-state index in [9.17, 15) is 0 Å². The molecular formula is C22H21N3O2S. The second-order valence-corrected chi connectivity index (χ2v) is 7.66. The highest BCUT2D eigenvalue weighted by molar-refractivity contribution is 7.14. The van der Waals surface area contributed by atoms with Gasteiger partial charge in [0.1, 0.15) is 6.61 Å². The van der Waals surface area contributed by atoms with E-state index in [-0.39, 0.29) is 0 Å². The van der Waals surface area contributed by atoms with Crippen molar-refractivity contribution in [1.82, 2.24) is 9.38 Å². The average Bonchev–Trinajstić information content (AvgIpc) is 3.44. The summed E-state index contributed by atoms with van der Waals surface area (Å²) in [6.07, 6.45) is 3.82. The van der Waals surface area contributed by atoms with Crippen LogP contribution < -0.4 is 9.64 Å². The molecule has 4 heterocycles. The van der Waals surface area contributed by atoms with Gasteiger partial charge < -0.3 is 14.4 Å². The van der Waals surface area contributed by atoms with Crippen molar-refractivity contribution >= 4 is 22.7 Å². The maximum atomic E-state index is 6.05. The molecule has 1 aromatic carbocycles. The van der Waals surface area contributed by atoms with Crippen LogP contribution in [0.25, 0.3) is 16.2 Å². The molecule has 0 atom stereocenters. The van der Waals surface area contributed by atoms with Gasteiger partial charge in [0.2, 0.25) is 0 Å². The maximum absolute atomic E-state index is 6.05. The van der Waals surface area contributed by atoms with E-state index in [1.165, 1.54) is 10.6 Å². The summed E-state index contributed by atoms with van der Waals surface area (Å²) in [4.78, 5) is 8.13. The number of hydrogen-bond acceptors (Lipinski definition) is 5. The van der Waals surface area contributed by atoms with E-state index in [0.29, 0.717) is 6.61 Å². The number of hydrogen-bond donors (Lipinski definition) is 0. The van der Waals surface area contributed by atoms with E-state index in [2.05, 4.69) is 43.9 Å². The number of imidazole rings is 1. The van der Waals surface area contributed by atoms with Crippen molar-refractivity contribution in [3.8, 4) is 16.3 Å². The molecule has 1 fully saturated rings. The lowest BCUT2D eigenvalue weighted by atomic mass is 10.2. The first-order valence-electron chi connectivity index (χ1n) is 9.43. The molecule has 5 nitrogen and oxygen atoms in total. The SMILES string of the molecule is c1ccc(COc2ccc(-c3cc(N4CCOCC4)cs3)n3ccnc23)cc1. The fraction of sp³-hybridized carbons (Fsp3) is 0.227. The number of rotatable bonds is 5. The van der Waals surface area contributed by atoms with Gasteiger partial charge in [0.25, 0.3) is 0 Å². The molecule has 0 spiro atoms. The lowest BCUT2D eigenvalue weighted by molar-refractivity contribution is 0.123. The smallest absolute Gasteiger partial charge is 0.180 e. The Morgan fingerprint density at radius 3 is 2.79 bits per heavy atom. The predicted molar refractivity (Wildman–Crippen MR) is 112 cm³/mol. The van der Waals surface area contributed by atoms with Crippen LogP contribution in [-0.4, -0.2) is 35.7 Å². The van der Waals surface area contributed by atoms with E-state index in [0.717, 1.165) is 49.0 Å². The van der Waals surface area contributed by atoms with Crippen LogP contribution in [0, 0.1) is 0 Å². The van der Waals surface area contributed by atoms with Gasteiger partial charge in [-0.05, 0) is 23.8 Å². The van der Waals surface area contributed by atoms with Crippen molar-refractivity contribution in [1.29, 1.82) is 0 Å². The molecule has 3 aromatic heterocycles. The molecule has 0 N–H and O–H groups in total. The Labute approximate surface area is 167 Å². The highest BCUT2D eigenvalue weighted by atomic mass is 32.1. The molecule has 5 rings (SSSR count). The fourth-order valence-electron chi connectivity index (χ4n) is 3.49. The summed E-state index contributed by atoms with van der Waals surface area (Å²) in [7, 11) is 0. The minimum absolute atomic E-state index is 0.531. The first kappa shape index (κ1) is 17.3. The molecule has 0 aliphatic carbocycles. The second-order valence-electron chi connectivity index (χ2n) is 6.75. The Kier molecular flexibility index (Phi) is 4.72. The van der Waals surface area contributed by atoms with Crippen molar-refractivity contribution in [2.45, 2.75) is 6.61 Å². The van der Waals surface area contributed by atoms with Gasteiger partial charge in [-0.15, -0.1) is 11.3 Å². The molecule has 1 aliphatic rings. The van der Waals surface area contributed by atoms with Gasteiger partial charge in [-0.25, -0.2) is 4.98 Å². The Hall–Kier alpha value is -2.83.